The van der Waals surface area contributed by atoms with Crippen LogP contribution in [0.1, 0.15) is 64.8 Å². The number of hydrogen-bond acceptors (Lipinski definition) is 6. The number of nitrogens with one attached hydrogen (secondary N) is 1. The minimum absolute atomic E-state index is 0.0776. The van der Waals surface area contributed by atoms with Gasteiger partial charge in [-0.05, 0) is 29.2 Å². The monoisotopic (exact) mass is 428 g/mol. The van der Waals surface area contributed by atoms with Gasteiger partial charge in [0.2, 0.25) is 5.89 Å². The van der Waals surface area contributed by atoms with Crippen molar-refractivity contribution in [1.82, 2.24) is 15.0 Å². The molecule has 1 N–H and O–H groups in total. The van der Waals surface area contributed by atoms with Crippen molar-refractivity contribution < 1.29 is 9.15 Å². The molecule has 4 aromatic rings. The zero-order valence-electron chi connectivity index (χ0n) is 19.4. The maximum Gasteiger partial charge on any atom is 0.200 e. The first-order valence-electron chi connectivity index (χ1n) is 10.9. The Morgan fingerprint density at radius 2 is 1.56 bits per heavy atom. The van der Waals surface area contributed by atoms with Crippen molar-refractivity contribution in [2.24, 2.45) is 0 Å². The lowest BCUT2D eigenvalue weighted by molar-refractivity contribution is 0.259. The van der Waals surface area contributed by atoms with E-state index in [2.05, 4.69) is 67.9 Å². The Bertz CT molecular complexity index is 1230. The summed E-state index contributed by atoms with van der Waals surface area (Å²) in [6.07, 6.45) is 3.45. The van der Waals surface area contributed by atoms with Gasteiger partial charge in [-0.2, -0.15) is 0 Å². The molecule has 0 saturated carbocycles. The van der Waals surface area contributed by atoms with Crippen molar-refractivity contribution in [3.63, 3.8) is 0 Å². The van der Waals surface area contributed by atoms with Crippen LogP contribution in [0, 0.1) is 0 Å². The van der Waals surface area contributed by atoms with Gasteiger partial charge in [0, 0.05) is 35.5 Å². The summed E-state index contributed by atoms with van der Waals surface area (Å²) in [6, 6.07) is 12.0. The van der Waals surface area contributed by atoms with Crippen LogP contribution in [0.2, 0.25) is 0 Å². The van der Waals surface area contributed by atoms with Gasteiger partial charge >= 0.3 is 0 Å². The Kier molecular flexibility index (Phi) is 4.52. The minimum atomic E-state index is -0.309. The van der Waals surface area contributed by atoms with Crippen LogP contribution < -0.4 is 10.1 Å². The number of hydrogen-bond donors (Lipinski definition) is 1. The molecule has 3 aromatic heterocycles. The number of oxazole rings is 1. The molecule has 1 aliphatic rings. The van der Waals surface area contributed by atoms with Crippen LogP contribution in [-0.2, 0) is 10.8 Å². The minimum Gasteiger partial charge on any atom is -0.464 e. The molecule has 5 rings (SSSR count). The number of anilines is 1. The van der Waals surface area contributed by atoms with Crippen molar-refractivity contribution in [1.29, 1.82) is 0 Å². The van der Waals surface area contributed by atoms with Gasteiger partial charge in [-0.15, -0.1) is 0 Å². The molecular formula is C26H28N4O2. The van der Waals surface area contributed by atoms with E-state index in [0.717, 1.165) is 45.4 Å². The fourth-order valence-corrected chi connectivity index (χ4v) is 3.64. The molecule has 164 valence electrons. The molecule has 0 radical (unpaired) electrons. The highest BCUT2D eigenvalue weighted by Crippen LogP contribution is 2.41. The Hall–Kier alpha value is -3.41. The highest BCUT2D eigenvalue weighted by atomic mass is 16.5. The number of rotatable bonds is 2. The average molecular weight is 429 g/mol. The Balaban J connectivity index is 1.35. The third kappa shape index (κ3) is 3.70. The summed E-state index contributed by atoms with van der Waals surface area (Å²) in [4.78, 5) is 13.8. The van der Waals surface area contributed by atoms with Crippen LogP contribution in [0.25, 0.3) is 22.5 Å². The van der Waals surface area contributed by atoms with Gasteiger partial charge in [0.15, 0.2) is 11.8 Å². The van der Waals surface area contributed by atoms with Gasteiger partial charge in [-0.25, -0.2) is 4.98 Å². The smallest absolute Gasteiger partial charge is 0.200 e. The first-order chi connectivity index (χ1) is 15.1. The van der Waals surface area contributed by atoms with Gasteiger partial charge in [0.05, 0.1) is 17.1 Å². The van der Waals surface area contributed by atoms with E-state index in [1.165, 1.54) is 5.56 Å². The largest absolute Gasteiger partial charge is 0.464 e. The summed E-state index contributed by atoms with van der Waals surface area (Å²) in [5.74, 6) is 1.48. The fourth-order valence-electron chi connectivity index (χ4n) is 3.64. The van der Waals surface area contributed by atoms with E-state index in [1.54, 1.807) is 0 Å². The standard InChI is InChI=1S/C26H28N4O2/c1-25(2,3)16-8-10-18(28-14-16)17-9-7-15(13-27-17)23-29-19-11-22-20(12-21(19)31-23)30-24(32-22)26(4,5)6/h7-14,23,29H,1-6H3. The van der Waals surface area contributed by atoms with Gasteiger partial charge in [-0.3, -0.25) is 9.97 Å². The lowest BCUT2D eigenvalue weighted by atomic mass is 9.88. The molecular weight excluding hydrogens is 400 g/mol. The van der Waals surface area contributed by atoms with E-state index >= 15 is 0 Å². The Morgan fingerprint density at radius 1 is 0.844 bits per heavy atom. The lowest BCUT2D eigenvalue weighted by Gasteiger charge is -2.18. The van der Waals surface area contributed by atoms with Gasteiger partial charge in [0.1, 0.15) is 11.3 Å². The van der Waals surface area contributed by atoms with Gasteiger partial charge in [0.25, 0.3) is 0 Å². The molecule has 1 aliphatic heterocycles. The second-order valence-corrected chi connectivity index (χ2v) is 10.4. The van der Waals surface area contributed by atoms with E-state index in [4.69, 9.17) is 9.15 Å². The van der Waals surface area contributed by atoms with Crippen LogP contribution in [0.4, 0.5) is 5.69 Å². The molecule has 32 heavy (non-hydrogen) atoms. The zero-order valence-corrected chi connectivity index (χ0v) is 19.4. The van der Waals surface area contributed by atoms with E-state index in [9.17, 15) is 0 Å². The molecule has 0 bridgehead atoms. The number of ether oxygens (including phenoxy) is 1. The van der Waals surface area contributed by atoms with Gasteiger partial charge in [-0.1, -0.05) is 47.6 Å². The summed E-state index contributed by atoms with van der Waals surface area (Å²) in [5, 5.41) is 3.41. The molecule has 6 nitrogen and oxygen atoms in total. The third-order valence-electron chi connectivity index (χ3n) is 5.64. The summed E-state index contributed by atoms with van der Waals surface area (Å²) >= 11 is 0. The number of aromatic nitrogens is 3. The van der Waals surface area contributed by atoms with E-state index in [0.29, 0.717) is 0 Å². The lowest BCUT2D eigenvalue weighted by Crippen LogP contribution is -2.11. The fraction of sp³-hybridized carbons (Fsp3) is 0.346. The number of benzene rings is 1. The zero-order chi connectivity index (χ0) is 22.7. The quantitative estimate of drug-likeness (QED) is 0.399. The highest BCUT2D eigenvalue weighted by molar-refractivity contribution is 5.82. The summed E-state index contributed by atoms with van der Waals surface area (Å²) < 4.78 is 12.1. The predicted molar refractivity (Wildman–Crippen MR) is 126 cm³/mol. The van der Waals surface area contributed by atoms with Crippen molar-refractivity contribution >= 4 is 16.8 Å². The van der Waals surface area contributed by atoms with Crippen LogP contribution in [0.5, 0.6) is 5.75 Å². The highest BCUT2D eigenvalue weighted by Gasteiger charge is 2.27. The molecule has 0 amide bonds. The number of pyridine rings is 2. The first kappa shape index (κ1) is 20.5. The topological polar surface area (TPSA) is 73.1 Å². The van der Waals surface area contributed by atoms with Crippen molar-refractivity contribution in [2.75, 3.05) is 5.32 Å². The van der Waals surface area contributed by atoms with Crippen LogP contribution in [-0.4, -0.2) is 15.0 Å². The number of fused-ring (bicyclic) bond motifs is 2. The second-order valence-electron chi connectivity index (χ2n) is 10.4. The summed E-state index contributed by atoms with van der Waals surface area (Å²) in [7, 11) is 0. The molecule has 4 heterocycles. The van der Waals surface area contributed by atoms with Crippen LogP contribution >= 0.6 is 0 Å². The van der Waals surface area contributed by atoms with E-state index in [1.807, 2.05) is 42.7 Å². The summed E-state index contributed by atoms with van der Waals surface area (Å²) in [6.45, 7) is 12.8. The van der Waals surface area contributed by atoms with Crippen LogP contribution in [0.3, 0.4) is 0 Å². The molecule has 0 saturated heterocycles. The van der Waals surface area contributed by atoms with Crippen molar-refractivity contribution in [3.05, 3.63) is 65.8 Å². The maximum atomic E-state index is 6.15. The second kappa shape index (κ2) is 7.05. The van der Waals surface area contributed by atoms with Crippen molar-refractivity contribution in [3.8, 4) is 17.1 Å². The SMILES string of the molecule is CC(C)(C)c1ccc(-c2ccc(C3Nc4cc5oc(C(C)(C)C)nc5cc4O3)cn2)nc1. The molecule has 1 unspecified atom stereocenters. The van der Waals surface area contributed by atoms with E-state index < -0.39 is 0 Å². The molecule has 1 atom stereocenters. The number of nitrogens with zero attached hydrogens (tertiary/aromatic N) is 3. The molecule has 6 heteroatoms. The molecule has 0 fully saturated rings. The summed E-state index contributed by atoms with van der Waals surface area (Å²) in [5.41, 5.74) is 6.21. The Morgan fingerprint density at radius 3 is 2.16 bits per heavy atom. The maximum absolute atomic E-state index is 6.15. The van der Waals surface area contributed by atoms with Crippen LogP contribution in [0.15, 0.2) is 53.2 Å². The molecule has 0 aliphatic carbocycles. The third-order valence-corrected chi connectivity index (χ3v) is 5.64. The Labute approximate surface area is 188 Å². The molecule has 0 spiro atoms. The molecule has 1 aromatic carbocycles. The van der Waals surface area contributed by atoms with Gasteiger partial charge < -0.3 is 14.5 Å². The predicted octanol–water partition coefficient (Wildman–Crippen LogP) is 6.38. The van der Waals surface area contributed by atoms with Crippen molar-refractivity contribution in [2.45, 2.75) is 58.6 Å². The average Bonchev–Trinajstić information content (AvgIpc) is 3.34. The van der Waals surface area contributed by atoms with E-state index in [-0.39, 0.29) is 17.1 Å². The normalized spacial score (nSPS) is 16.0. The first-order valence-corrected chi connectivity index (χ1v) is 10.9.